The van der Waals surface area contributed by atoms with Gasteiger partial charge in [-0.3, -0.25) is 10.4 Å². The first kappa shape index (κ1) is 13.8. The van der Waals surface area contributed by atoms with Gasteiger partial charge in [0.1, 0.15) is 5.84 Å². The van der Waals surface area contributed by atoms with Gasteiger partial charge in [-0.25, -0.2) is 0 Å². The number of hydrogen-bond donors (Lipinski definition) is 3. The lowest BCUT2D eigenvalue weighted by molar-refractivity contribution is 0.191. The molecule has 1 aromatic heterocycles. The molecule has 4 N–H and O–H groups in total. The predicted molar refractivity (Wildman–Crippen MR) is 75.6 cm³/mol. The molecule has 0 radical (unpaired) electrons. The van der Waals surface area contributed by atoms with E-state index in [9.17, 15) is 5.11 Å². The van der Waals surface area contributed by atoms with Gasteiger partial charge in [0.05, 0.1) is 18.0 Å². The van der Waals surface area contributed by atoms with Gasteiger partial charge in [-0.15, -0.1) is 0 Å². The van der Waals surface area contributed by atoms with Crippen molar-refractivity contribution in [3.63, 3.8) is 0 Å². The first-order valence-corrected chi connectivity index (χ1v) is 6.37. The number of aliphatic hydroxyl groups is 1. The van der Waals surface area contributed by atoms with Gasteiger partial charge in [-0.1, -0.05) is 0 Å². The highest BCUT2D eigenvalue weighted by molar-refractivity contribution is 6.00. The molecule has 2 unspecified atom stereocenters. The maximum atomic E-state index is 9.91. The van der Waals surface area contributed by atoms with E-state index in [0.717, 1.165) is 18.7 Å². The highest BCUT2D eigenvalue weighted by Gasteiger charge is 2.32. The molecule has 1 aliphatic rings. The molecule has 6 nitrogen and oxygen atoms in total. The zero-order chi connectivity index (χ0) is 14.0. The van der Waals surface area contributed by atoms with Crippen molar-refractivity contribution in [2.75, 3.05) is 32.1 Å². The van der Waals surface area contributed by atoms with Crippen LogP contribution in [0.15, 0.2) is 18.5 Å². The van der Waals surface area contributed by atoms with Crippen LogP contribution in [0, 0.1) is 5.41 Å². The van der Waals surface area contributed by atoms with Gasteiger partial charge in [0.2, 0.25) is 0 Å². The van der Waals surface area contributed by atoms with Crippen molar-refractivity contribution < 1.29 is 5.11 Å². The fourth-order valence-corrected chi connectivity index (χ4v) is 2.62. The van der Waals surface area contributed by atoms with Crippen molar-refractivity contribution >= 4 is 11.5 Å². The number of β-amino-alcohol motifs (C(OH)–C–C–N with tert-alkyl or cyclic N) is 1. The summed E-state index contributed by atoms with van der Waals surface area (Å²) >= 11 is 0. The second-order valence-electron chi connectivity index (χ2n) is 5.26. The Kier molecular flexibility index (Phi) is 4.01. The average molecular weight is 263 g/mol. The van der Waals surface area contributed by atoms with Gasteiger partial charge in [-0.2, -0.15) is 0 Å². The van der Waals surface area contributed by atoms with E-state index in [0.29, 0.717) is 12.1 Å². The monoisotopic (exact) mass is 263 g/mol. The van der Waals surface area contributed by atoms with Gasteiger partial charge in [-0.05, 0) is 26.6 Å². The molecule has 0 saturated carbocycles. The van der Waals surface area contributed by atoms with Crippen LogP contribution >= 0.6 is 0 Å². The lowest BCUT2D eigenvalue weighted by Crippen LogP contribution is -2.38. The van der Waals surface area contributed by atoms with Crippen LogP contribution in [-0.2, 0) is 0 Å². The van der Waals surface area contributed by atoms with E-state index in [1.54, 1.807) is 18.5 Å². The van der Waals surface area contributed by atoms with Crippen molar-refractivity contribution in [3.8, 4) is 0 Å². The molecule has 1 aromatic rings. The van der Waals surface area contributed by atoms with Gasteiger partial charge in [0.25, 0.3) is 0 Å². The highest BCUT2D eigenvalue weighted by atomic mass is 16.3. The second-order valence-corrected chi connectivity index (χ2v) is 5.26. The first-order valence-electron chi connectivity index (χ1n) is 6.37. The number of nitrogen functional groups attached to an aromatic ring is 1. The van der Waals surface area contributed by atoms with Crippen molar-refractivity contribution in [2.24, 2.45) is 5.73 Å². The molecular weight excluding hydrogens is 242 g/mol. The van der Waals surface area contributed by atoms with Crippen molar-refractivity contribution in [3.05, 3.63) is 24.0 Å². The maximum absolute atomic E-state index is 9.91. The molecule has 1 saturated heterocycles. The van der Waals surface area contributed by atoms with Crippen LogP contribution in [0.2, 0.25) is 0 Å². The molecule has 2 atom stereocenters. The van der Waals surface area contributed by atoms with E-state index in [2.05, 4.69) is 14.8 Å². The van der Waals surface area contributed by atoms with Crippen LogP contribution < -0.4 is 10.6 Å². The molecular formula is C13H21N5O. The Hall–Kier alpha value is -1.66. The number of nitrogens with one attached hydrogen (secondary N) is 1. The summed E-state index contributed by atoms with van der Waals surface area (Å²) in [4.78, 5) is 8.32. The Labute approximate surface area is 113 Å². The molecule has 0 aromatic carbocycles. The minimum absolute atomic E-state index is 0.0300. The van der Waals surface area contributed by atoms with Gasteiger partial charge in [0, 0.05) is 30.9 Å². The number of hydrogen-bond acceptors (Lipinski definition) is 5. The SMILES string of the molecule is CN(C)CC1CC(O)CN1c1cnccc1C(=N)N. The van der Waals surface area contributed by atoms with E-state index < -0.39 is 0 Å². The summed E-state index contributed by atoms with van der Waals surface area (Å²) in [5.41, 5.74) is 7.13. The van der Waals surface area contributed by atoms with Crippen molar-refractivity contribution in [2.45, 2.75) is 18.6 Å². The predicted octanol–water partition coefficient (Wildman–Crippen LogP) is -0.133. The molecule has 2 rings (SSSR count). The van der Waals surface area contributed by atoms with Crippen LogP contribution in [0.5, 0.6) is 0 Å². The van der Waals surface area contributed by atoms with Crippen LogP contribution in [0.1, 0.15) is 12.0 Å². The Balaban J connectivity index is 2.31. The van der Waals surface area contributed by atoms with Gasteiger partial charge < -0.3 is 20.6 Å². The van der Waals surface area contributed by atoms with Crippen molar-refractivity contribution in [1.82, 2.24) is 9.88 Å². The van der Waals surface area contributed by atoms with E-state index in [-0.39, 0.29) is 18.0 Å². The maximum Gasteiger partial charge on any atom is 0.125 e. The summed E-state index contributed by atoms with van der Waals surface area (Å²) in [5.74, 6) is 0.0300. The lowest BCUT2D eigenvalue weighted by Gasteiger charge is -2.29. The van der Waals surface area contributed by atoms with E-state index in [1.165, 1.54) is 0 Å². The zero-order valence-electron chi connectivity index (χ0n) is 11.4. The van der Waals surface area contributed by atoms with E-state index in [4.69, 9.17) is 11.1 Å². The Morgan fingerprint density at radius 1 is 1.63 bits per heavy atom. The van der Waals surface area contributed by atoms with Crippen LogP contribution in [0.4, 0.5) is 5.69 Å². The molecule has 1 aliphatic heterocycles. The molecule has 19 heavy (non-hydrogen) atoms. The standard InChI is InChI=1S/C13H21N5O/c1-17(2)7-9-5-10(19)8-18(9)12-6-16-4-3-11(12)13(14)15/h3-4,6,9-10,19H,5,7-8H2,1-2H3,(H3,14,15). The van der Waals surface area contributed by atoms with E-state index in [1.807, 2.05) is 14.1 Å². The fourth-order valence-electron chi connectivity index (χ4n) is 2.62. The van der Waals surface area contributed by atoms with Crippen LogP contribution in [-0.4, -0.2) is 60.2 Å². The zero-order valence-corrected chi connectivity index (χ0v) is 11.4. The number of pyridine rings is 1. The minimum atomic E-state index is -0.343. The summed E-state index contributed by atoms with van der Waals surface area (Å²) in [7, 11) is 4.02. The second kappa shape index (κ2) is 5.54. The summed E-state index contributed by atoms with van der Waals surface area (Å²) < 4.78 is 0. The number of nitrogens with two attached hydrogens (primary N) is 1. The van der Waals surface area contributed by atoms with Gasteiger partial charge >= 0.3 is 0 Å². The Morgan fingerprint density at radius 2 is 2.37 bits per heavy atom. The van der Waals surface area contributed by atoms with E-state index >= 15 is 0 Å². The molecule has 0 spiro atoms. The number of aliphatic hydroxyl groups excluding tert-OH is 1. The largest absolute Gasteiger partial charge is 0.391 e. The third-order valence-electron chi connectivity index (χ3n) is 3.37. The average Bonchev–Trinajstić information content (AvgIpc) is 2.69. The summed E-state index contributed by atoms with van der Waals surface area (Å²) in [6.07, 6.45) is 3.74. The number of amidine groups is 1. The minimum Gasteiger partial charge on any atom is -0.391 e. The van der Waals surface area contributed by atoms with Crippen LogP contribution in [0.25, 0.3) is 0 Å². The summed E-state index contributed by atoms with van der Waals surface area (Å²) in [6.45, 7) is 1.41. The highest BCUT2D eigenvalue weighted by Crippen LogP contribution is 2.28. The Morgan fingerprint density at radius 3 is 3.00 bits per heavy atom. The quantitative estimate of drug-likeness (QED) is 0.520. The molecule has 1 fully saturated rings. The molecule has 0 aliphatic carbocycles. The van der Waals surface area contributed by atoms with Crippen molar-refractivity contribution in [1.29, 1.82) is 5.41 Å². The smallest absolute Gasteiger partial charge is 0.125 e. The first-order chi connectivity index (χ1) is 8.99. The number of rotatable bonds is 4. The topological polar surface area (TPSA) is 89.5 Å². The molecule has 104 valence electrons. The molecule has 2 heterocycles. The molecule has 6 heteroatoms. The fraction of sp³-hybridized carbons (Fsp3) is 0.538. The Bertz CT molecular complexity index is 462. The number of nitrogens with zero attached hydrogens (tertiary/aromatic N) is 3. The third-order valence-corrected chi connectivity index (χ3v) is 3.37. The lowest BCUT2D eigenvalue weighted by atomic mass is 10.1. The molecule has 0 bridgehead atoms. The van der Waals surface area contributed by atoms with Crippen LogP contribution in [0.3, 0.4) is 0 Å². The number of aromatic nitrogens is 1. The summed E-state index contributed by atoms with van der Waals surface area (Å²) in [5, 5.41) is 17.6. The number of likely N-dealkylation sites (N-methyl/N-ethyl adjacent to an activating group) is 1. The van der Waals surface area contributed by atoms with Gasteiger partial charge in [0.15, 0.2) is 0 Å². The normalized spacial score (nSPS) is 23.1. The number of anilines is 1. The summed E-state index contributed by atoms with van der Waals surface area (Å²) in [6, 6.07) is 1.96. The molecule has 0 amide bonds. The third kappa shape index (κ3) is 3.02.